The average molecular weight is 392 g/mol. The van der Waals surface area contributed by atoms with Gasteiger partial charge in [-0.3, -0.25) is 9.78 Å². The van der Waals surface area contributed by atoms with Gasteiger partial charge in [0.1, 0.15) is 12.0 Å². The molecule has 0 unspecified atom stereocenters. The van der Waals surface area contributed by atoms with E-state index in [1.54, 1.807) is 6.20 Å². The first kappa shape index (κ1) is 15.7. The van der Waals surface area contributed by atoms with Gasteiger partial charge >= 0.3 is 0 Å². The third kappa shape index (κ3) is 3.10. The van der Waals surface area contributed by atoms with Gasteiger partial charge in [-0.25, -0.2) is 4.98 Å². The summed E-state index contributed by atoms with van der Waals surface area (Å²) < 4.78 is 3.12. The Bertz CT molecular complexity index is 1050. The third-order valence-corrected chi connectivity index (χ3v) is 4.56. The summed E-state index contributed by atoms with van der Waals surface area (Å²) in [6, 6.07) is 19.5. The van der Waals surface area contributed by atoms with Gasteiger partial charge in [0.05, 0.1) is 11.0 Å². The van der Waals surface area contributed by atoms with E-state index < -0.39 is 0 Å². The van der Waals surface area contributed by atoms with E-state index in [0.29, 0.717) is 12.1 Å². The molecule has 0 N–H and O–H groups in total. The highest BCUT2D eigenvalue weighted by atomic mass is 79.9. The monoisotopic (exact) mass is 391 g/mol. The molecule has 25 heavy (non-hydrogen) atoms. The van der Waals surface area contributed by atoms with Crippen LogP contribution in [0, 0.1) is 0 Å². The molecule has 0 spiro atoms. The minimum absolute atomic E-state index is 0.656. The minimum atomic E-state index is 0.656. The van der Waals surface area contributed by atoms with Crippen molar-refractivity contribution in [1.82, 2.24) is 14.5 Å². The lowest BCUT2D eigenvalue weighted by atomic mass is 10.1. The summed E-state index contributed by atoms with van der Waals surface area (Å²) in [4.78, 5) is 20.1. The van der Waals surface area contributed by atoms with Gasteiger partial charge in [-0.05, 0) is 29.8 Å². The molecule has 0 aliphatic heterocycles. The molecule has 0 fully saturated rings. The highest BCUT2D eigenvalue weighted by Gasteiger charge is 2.14. The largest absolute Gasteiger partial charge is 0.318 e. The van der Waals surface area contributed by atoms with Crippen molar-refractivity contribution in [3.63, 3.8) is 0 Å². The number of benzene rings is 2. The first-order valence-corrected chi connectivity index (χ1v) is 8.65. The minimum Gasteiger partial charge on any atom is -0.318 e. The summed E-state index contributed by atoms with van der Waals surface area (Å²) in [6.07, 6.45) is 2.62. The molecule has 0 saturated heterocycles. The molecule has 2 aromatic heterocycles. The van der Waals surface area contributed by atoms with Crippen molar-refractivity contribution in [1.29, 1.82) is 0 Å². The number of carbonyl (C=O) groups excluding carboxylic acids is 1. The Hall–Kier alpha value is -2.79. The molecule has 0 radical (unpaired) electrons. The van der Waals surface area contributed by atoms with E-state index in [-0.39, 0.29) is 0 Å². The second kappa shape index (κ2) is 6.61. The number of halogens is 1. The zero-order valence-electron chi connectivity index (χ0n) is 13.3. The van der Waals surface area contributed by atoms with E-state index in [1.165, 1.54) is 0 Å². The van der Waals surface area contributed by atoms with Crippen LogP contribution in [0.25, 0.3) is 22.6 Å². The molecule has 2 aromatic carbocycles. The van der Waals surface area contributed by atoms with Crippen molar-refractivity contribution in [3.8, 4) is 11.5 Å². The SMILES string of the molecule is O=Cc1ccc(Cn2c(-c3cc(Br)ccn3)nc3ccccc32)cc1. The lowest BCUT2D eigenvalue weighted by molar-refractivity contribution is 0.112. The Balaban J connectivity index is 1.85. The van der Waals surface area contributed by atoms with Gasteiger partial charge in [0.15, 0.2) is 5.82 Å². The van der Waals surface area contributed by atoms with Crippen LogP contribution >= 0.6 is 15.9 Å². The lowest BCUT2D eigenvalue weighted by Crippen LogP contribution is -2.03. The van der Waals surface area contributed by atoms with Crippen LogP contribution in [0.1, 0.15) is 15.9 Å². The van der Waals surface area contributed by atoms with Crippen LogP contribution in [-0.2, 0) is 6.54 Å². The van der Waals surface area contributed by atoms with Crippen molar-refractivity contribution >= 4 is 33.2 Å². The first-order valence-electron chi connectivity index (χ1n) is 7.86. The van der Waals surface area contributed by atoms with Gasteiger partial charge in [0.25, 0.3) is 0 Å². The number of nitrogens with zero attached hydrogens (tertiary/aromatic N) is 3. The van der Waals surface area contributed by atoms with E-state index in [4.69, 9.17) is 4.98 Å². The number of para-hydroxylation sites is 2. The Kier molecular flexibility index (Phi) is 4.15. The molecule has 4 nitrogen and oxygen atoms in total. The fourth-order valence-corrected chi connectivity index (χ4v) is 3.18. The summed E-state index contributed by atoms with van der Waals surface area (Å²) in [5.74, 6) is 0.821. The number of hydrogen-bond donors (Lipinski definition) is 0. The average Bonchev–Trinajstić information content (AvgIpc) is 3.01. The number of carbonyl (C=O) groups is 1. The number of hydrogen-bond acceptors (Lipinski definition) is 3. The van der Waals surface area contributed by atoms with Gasteiger partial charge in [0.2, 0.25) is 0 Å². The van der Waals surface area contributed by atoms with Crippen molar-refractivity contribution in [2.75, 3.05) is 0 Å². The number of rotatable bonds is 4. The predicted octanol–water partition coefficient (Wildman–Crippen LogP) is 4.72. The second-order valence-electron chi connectivity index (χ2n) is 5.73. The molecule has 0 aliphatic rings. The first-order chi connectivity index (χ1) is 12.2. The molecule has 4 aromatic rings. The van der Waals surface area contributed by atoms with Crippen molar-refractivity contribution in [2.24, 2.45) is 0 Å². The lowest BCUT2D eigenvalue weighted by Gasteiger charge is -2.09. The summed E-state index contributed by atoms with van der Waals surface area (Å²) >= 11 is 3.50. The maximum Gasteiger partial charge on any atom is 0.160 e. The van der Waals surface area contributed by atoms with Crippen LogP contribution < -0.4 is 0 Å². The van der Waals surface area contributed by atoms with E-state index in [2.05, 4.69) is 31.5 Å². The topological polar surface area (TPSA) is 47.8 Å². The standard InChI is InChI=1S/C20H14BrN3O/c21-16-9-10-22-18(11-16)20-23-17-3-1-2-4-19(17)24(20)12-14-5-7-15(13-25)8-6-14/h1-11,13H,12H2. The molecule has 4 rings (SSSR count). The van der Waals surface area contributed by atoms with Crippen LogP contribution in [0.5, 0.6) is 0 Å². The van der Waals surface area contributed by atoms with Gasteiger partial charge in [-0.15, -0.1) is 0 Å². The molecule has 0 bridgehead atoms. The van der Waals surface area contributed by atoms with E-state index in [0.717, 1.165) is 38.9 Å². The Morgan fingerprint density at radius 3 is 2.60 bits per heavy atom. The van der Waals surface area contributed by atoms with Crippen LogP contribution in [0.15, 0.2) is 71.3 Å². The molecule has 0 aliphatic carbocycles. The van der Waals surface area contributed by atoms with Crippen molar-refractivity contribution in [3.05, 3.63) is 82.5 Å². The highest BCUT2D eigenvalue weighted by molar-refractivity contribution is 9.10. The van der Waals surface area contributed by atoms with Crippen LogP contribution in [-0.4, -0.2) is 20.8 Å². The van der Waals surface area contributed by atoms with E-state index in [1.807, 2.05) is 54.6 Å². The van der Waals surface area contributed by atoms with Gasteiger partial charge in [-0.2, -0.15) is 0 Å². The number of pyridine rings is 1. The molecular weight excluding hydrogens is 378 g/mol. The normalized spacial score (nSPS) is 10.9. The zero-order valence-corrected chi connectivity index (χ0v) is 14.8. The molecule has 0 atom stereocenters. The molecule has 122 valence electrons. The van der Waals surface area contributed by atoms with Crippen molar-refractivity contribution in [2.45, 2.75) is 6.54 Å². The summed E-state index contributed by atoms with van der Waals surface area (Å²) in [5.41, 5.74) is 4.58. The Labute approximate surface area is 153 Å². The fourth-order valence-electron chi connectivity index (χ4n) is 2.84. The maximum atomic E-state index is 10.9. The Morgan fingerprint density at radius 2 is 1.84 bits per heavy atom. The van der Waals surface area contributed by atoms with Gasteiger partial charge < -0.3 is 4.57 Å². The molecule has 0 saturated carbocycles. The number of imidazole rings is 1. The van der Waals surface area contributed by atoms with Crippen LogP contribution in [0.3, 0.4) is 0 Å². The summed E-state index contributed by atoms with van der Waals surface area (Å²) in [5, 5.41) is 0. The molecular formula is C20H14BrN3O. The molecule has 0 amide bonds. The highest BCUT2D eigenvalue weighted by Crippen LogP contribution is 2.26. The summed E-state index contributed by atoms with van der Waals surface area (Å²) in [7, 11) is 0. The number of aromatic nitrogens is 3. The quantitative estimate of drug-likeness (QED) is 0.472. The summed E-state index contributed by atoms with van der Waals surface area (Å²) in [6.45, 7) is 0.656. The molecule has 5 heteroatoms. The van der Waals surface area contributed by atoms with E-state index >= 15 is 0 Å². The maximum absolute atomic E-state index is 10.9. The van der Waals surface area contributed by atoms with Crippen LogP contribution in [0.4, 0.5) is 0 Å². The number of fused-ring (bicyclic) bond motifs is 1. The predicted molar refractivity (Wildman–Crippen MR) is 102 cm³/mol. The Morgan fingerprint density at radius 1 is 1.04 bits per heavy atom. The fraction of sp³-hybridized carbons (Fsp3) is 0.0500. The smallest absolute Gasteiger partial charge is 0.160 e. The number of aldehydes is 1. The van der Waals surface area contributed by atoms with Gasteiger partial charge in [0, 0.05) is 22.8 Å². The van der Waals surface area contributed by atoms with Gasteiger partial charge in [-0.1, -0.05) is 52.3 Å². The zero-order chi connectivity index (χ0) is 17.2. The van der Waals surface area contributed by atoms with Crippen molar-refractivity contribution < 1.29 is 4.79 Å². The molecule has 2 heterocycles. The van der Waals surface area contributed by atoms with Crippen LogP contribution in [0.2, 0.25) is 0 Å². The second-order valence-corrected chi connectivity index (χ2v) is 6.64. The third-order valence-electron chi connectivity index (χ3n) is 4.06. The van der Waals surface area contributed by atoms with E-state index in [9.17, 15) is 4.79 Å².